The summed E-state index contributed by atoms with van der Waals surface area (Å²) in [7, 11) is -4.19. The molecular weight excluding hydrogens is 367 g/mol. The monoisotopic (exact) mass is 379 g/mol. The summed E-state index contributed by atoms with van der Waals surface area (Å²) in [5.74, 6) is 0.457. The molecule has 0 saturated carbocycles. The van der Waals surface area contributed by atoms with E-state index in [1.54, 1.807) is 6.92 Å². The van der Waals surface area contributed by atoms with Crippen molar-refractivity contribution in [2.75, 3.05) is 11.3 Å². The fraction of sp³-hybridized carbons (Fsp3) is 0.200. The van der Waals surface area contributed by atoms with Gasteiger partial charge < -0.3 is 4.74 Å². The van der Waals surface area contributed by atoms with Crippen molar-refractivity contribution in [3.8, 4) is 5.75 Å². The van der Waals surface area contributed by atoms with Gasteiger partial charge in [-0.25, -0.2) is 8.42 Å². The standard InChI is InChI=1S/C15H13ClF3NO3S/c1-2-23-11-4-6-12(7-5-11)24(21,22)20-14-8-3-10(16)9-13(14)15(17,18)19/h3-9,20H,2H2,1H3. The largest absolute Gasteiger partial charge is 0.494 e. The van der Waals surface area contributed by atoms with E-state index in [4.69, 9.17) is 16.3 Å². The van der Waals surface area contributed by atoms with E-state index in [-0.39, 0.29) is 9.92 Å². The van der Waals surface area contributed by atoms with Crippen LogP contribution in [0.2, 0.25) is 5.02 Å². The second kappa shape index (κ2) is 6.90. The Morgan fingerprint density at radius 3 is 2.29 bits per heavy atom. The lowest BCUT2D eigenvalue weighted by atomic mass is 10.2. The van der Waals surface area contributed by atoms with Crippen molar-refractivity contribution in [1.82, 2.24) is 0 Å². The summed E-state index contributed by atoms with van der Waals surface area (Å²) in [6, 6.07) is 8.14. The second-order valence-corrected chi connectivity index (χ2v) is 6.82. The Morgan fingerprint density at radius 1 is 1.12 bits per heavy atom. The molecule has 0 fully saturated rings. The Labute approximate surface area is 142 Å². The van der Waals surface area contributed by atoms with Gasteiger partial charge in [-0.05, 0) is 49.4 Å². The van der Waals surface area contributed by atoms with E-state index in [2.05, 4.69) is 0 Å². The van der Waals surface area contributed by atoms with Gasteiger partial charge in [-0.2, -0.15) is 13.2 Å². The molecule has 1 N–H and O–H groups in total. The third kappa shape index (κ3) is 4.33. The lowest BCUT2D eigenvalue weighted by Gasteiger charge is -2.15. The van der Waals surface area contributed by atoms with Gasteiger partial charge in [0.1, 0.15) is 5.75 Å². The van der Waals surface area contributed by atoms with Crippen LogP contribution >= 0.6 is 11.6 Å². The third-order valence-corrected chi connectivity index (χ3v) is 4.59. The van der Waals surface area contributed by atoms with Gasteiger partial charge in [0.15, 0.2) is 0 Å². The predicted molar refractivity (Wildman–Crippen MR) is 84.9 cm³/mol. The van der Waals surface area contributed by atoms with E-state index < -0.39 is 27.5 Å². The first-order valence-corrected chi connectivity index (χ1v) is 8.62. The SMILES string of the molecule is CCOc1ccc(S(=O)(=O)Nc2ccc(Cl)cc2C(F)(F)F)cc1. The van der Waals surface area contributed by atoms with Gasteiger partial charge in [0, 0.05) is 5.02 Å². The van der Waals surface area contributed by atoms with Crippen LogP contribution in [0.5, 0.6) is 5.75 Å². The zero-order chi connectivity index (χ0) is 18.0. The smallest absolute Gasteiger partial charge is 0.418 e. The summed E-state index contributed by atoms with van der Waals surface area (Å²) >= 11 is 5.57. The Morgan fingerprint density at radius 2 is 1.75 bits per heavy atom. The number of hydrogen-bond donors (Lipinski definition) is 1. The molecule has 24 heavy (non-hydrogen) atoms. The number of benzene rings is 2. The minimum Gasteiger partial charge on any atom is -0.494 e. The summed E-state index contributed by atoms with van der Waals surface area (Å²) in [5, 5.41) is -0.147. The van der Waals surface area contributed by atoms with Crippen molar-refractivity contribution < 1.29 is 26.3 Å². The third-order valence-electron chi connectivity index (χ3n) is 2.98. The van der Waals surface area contributed by atoms with Crippen molar-refractivity contribution in [3.05, 3.63) is 53.1 Å². The van der Waals surface area contributed by atoms with Crippen LogP contribution in [-0.4, -0.2) is 15.0 Å². The van der Waals surface area contributed by atoms with Crippen molar-refractivity contribution in [2.45, 2.75) is 18.0 Å². The van der Waals surface area contributed by atoms with Crippen LogP contribution in [0.4, 0.5) is 18.9 Å². The topological polar surface area (TPSA) is 55.4 Å². The van der Waals surface area contributed by atoms with Crippen molar-refractivity contribution in [1.29, 1.82) is 0 Å². The summed E-state index contributed by atoms with van der Waals surface area (Å²) < 4.78 is 70.8. The maximum Gasteiger partial charge on any atom is 0.418 e. The van der Waals surface area contributed by atoms with Gasteiger partial charge >= 0.3 is 6.18 Å². The highest BCUT2D eigenvalue weighted by Gasteiger charge is 2.35. The summed E-state index contributed by atoms with van der Waals surface area (Å²) in [6.07, 6.45) is -4.75. The molecule has 0 aliphatic carbocycles. The Balaban J connectivity index is 2.36. The molecule has 2 rings (SSSR count). The van der Waals surface area contributed by atoms with E-state index in [1.165, 1.54) is 30.3 Å². The Hall–Kier alpha value is -1.93. The molecule has 2 aromatic carbocycles. The quantitative estimate of drug-likeness (QED) is 0.828. The first-order valence-electron chi connectivity index (χ1n) is 6.76. The van der Waals surface area contributed by atoms with E-state index >= 15 is 0 Å². The van der Waals surface area contributed by atoms with E-state index in [0.29, 0.717) is 18.4 Å². The fourth-order valence-corrected chi connectivity index (χ4v) is 3.18. The molecule has 0 aromatic heterocycles. The highest BCUT2D eigenvalue weighted by Crippen LogP contribution is 2.37. The molecule has 0 aliphatic heterocycles. The fourth-order valence-electron chi connectivity index (χ4n) is 1.93. The average molecular weight is 380 g/mol. The lowest BCUT2D eigenvalue weighted by Crippen LogP contribution is -2.17. The van der Waals surface area contributed by atoms with E-state index in [0.717, 1.165) is 6.07 Å². The number of nitrogens with one attached hydrogen (secondary N) is 1. The Bertz CT molecular complexity index is 821. The molecular formula is C15H13ClF3NO3S. The summed E-state index contributed by atoms with van der Waals surface area (Å²) in [4.78, 5) is -0.186. The van der Waals surface area contributed by atoms with Crippen LogP contribution in [0.15, 0.2) is 47.4 Å². The van der Waals surface area contributed by atoms with Crippen LogP contribution in [0, 0.1) is 0 Å². The Kier molecular flexibility index (Phi) is 5.29. The molecule has 0 radical (unpaired) electrons. The first kappa shape index (κ1) is 18.4. The molecule has 9 heteroatoms. The molecule has 0 bridgehead atoms. The van der Waals surface area contributed by atoms with Crippen molar-refractivity contribution >= 4 is 27.3 Å². The molecule has 0 amide bonds. The molecule has 2 aromatic rings. The normalized spacial score (nSPS) is 12.0. The van der Waals surface area contributed by atoms with Crippen molar-refractivity contribution in [2.24, 2.45) is 0 Å². The van der Waals surface area contributed by atoms with E-state index in [1.807, 2.05) is 4.72 Å². The van der Waals surface area contributed by atoms with Crippen LogP contribution in [0.1, 0.15) is 12.5 Å². The summed E-state index contributed by atoms with van der Waals surface area (Å²) in [6.45, 7) is 2.18. The van der Waals surface area contributed by atoms with Gasteiger partial charge in [0.2, 0.25) is 0 Å². The molecule has 0 atom stereocenters. The van der Waals surface area contributed by atoms with Gasteiger partial charge in [-0.15, -0.1) is 0 Å². The van der Waals surface area contributed by atoms with Crippen LogP contribution in [0.25, 0.3) is 0 Å². The number of anilines is 1. The highest BCUT2D eigenvalue weighted by molar-refractivity contribution is 7.92. The number of sulfonamides is 1. The van der Waals surface area contributed by atoms with Gasteiger partial charge in [0.25, 0.3) is 10.0 Å². The average Bonchev–Trinajstić information content (AvgIpc) is 2.49. The van der Waals surface area contributed by atoms with Crippen LogP contribution in [0.3, 0.4) is 0 Å². The number of ether oxygens (including phenoxy) is 1. The number of hydrogen-bond acceptors (Lipinski definition) is 3. The van der Waals surface area contributed by atoms with Crippen LogP contribution < -0.4 is 9.46 Å². The van der Waals surface area contributed by atoms with Gasteiger partial charge in [-0.1, -0.05) is 11.6 Å². The highest BCUT2D eigenvalue weighted by atomic mass is 35.5. The van der Waals surface area contributed by atoms with E-state index in [9.17, 15) is 21.6 Å². The molecule has 0 aliphatic rings. The summed E-state index contributed by atoms with van der Waals surface area (Å²) in [5.41, 5.74) is -1.76. The zero-order valence-electron chi connectivity index (χ0n) is 12.4. The number of rotatable bonds is 5. The molecule has 0 saturated heterocycles. The maximum absolute atomic E-state index is 13.0. The minimum atomic E-state index is -4.75. The van der Waals surface area contributed by atoms with Crippen LogP contribution in [-0.2, 0) is 16.2 Å². The molecule has 130 valence electrons. The van der Waals surface area contributed by atoms with Crippen molar-refractivity contribution in [3.63, 3.8) is 0 Å². The molecule has 0 spiro atoms. The molecule has 4 nitrogen and oxygen atoms in total. The minimum absolute atomic E-state index is 0.147. The second-order valence-electron chi connectivity index (χ2n) is 4.70. The van der Waals surface area contributed by atoms with Gasteiger partial charge in [0.05, 0.1) is 22.8 Å². The maximum atomic E-state index is 13.0. The number of alkyl halides is 3. The van der Waals surface area contributed by atoms with Gasteiger partial charge in [-0.3, -0.25) is 4.72 Å². The number of halogens is 4. The molecule has 0 unspecified atom stereocenters. The molecule has 0 heterocycles. The first-order chi connectivity index (χ1) is 11.1. The lowest BCUT2D eigenvalue weighted by molar-refractivity contribution is -0.136. The zero-order valence-corrected chi connectivity index (χ0v) is 14.0. The predicted octanol–water partition coefficient (Wildman–Crippen LogP) is 4.56.